The minimum absolute atomic E-state index is 0.592. The molecule has 0 N–H and O–H groups in total. The number of hydrogen-bond acceptors (Lipinski definition) is 5. The summed E-state index contributed by atoms with van der Waals surface area (Å²) in [5, 5.41) is 6.85. The summed E-state index contributed by atoms with van der Waals surface area (Å²) < 4.78 is 17.7. The summed E-state index contributed by atoms with van der Waals surface area (Å²) in [5.74, 6) is 0.592. The van der Waals surface area contributed by atoms with Crippen molar-refractivity contribution in [2.45, 2.75) is 0 Å². The van der Waals surface area contributed by atoms with Gasteiger partial charge < -0.3 is 18.3 Å². The van der Waals surface area contributed by atoms with Crippen LogP contribution in [0, 0.1) is 0 Å². The number of fused-ring (bicyclic) bond motifs is 11. The highest BCUT2D eigenvalue weighted by atomic mass is 32.1. The van der Waals surface area contributed by atoms with Crippen LogP contribution in [0.15, 0.2) is 185 Å². The third-order valence-corrected chi connectivity index (χ3v) is 12.0. The molecular formula is C49H29N3O2S. The first kappa shape index (κ1) is 30.3. The number of hydrogen-bond donors (Lipinski definition) is 0. The molecule has 0 radical (unpaired) electrons. The van der Waals surface area contributed by atoms with Crippen LogP contribution in [-0.4, -0.2) is 9.55 Å². The molecule has 0 unspecified atom stereocenters. The van der Waals surface area contributed by atoms with E-state index in [0.29, 0.717) is 5.89 Å². The van der Waals surface area contributed by atoms with Gasteiger partial charge in [-0.25, -0.2) is 4.98 Å². The number of furan rings is 1. The molecule has 6 heteroatoms. The van der Waals surface area contributed by atoms with Gasteiger partial charge in [0.15, 0.2) is 5.58 Å². The Labute approximate surface area is 318 Å². The van der Waals surface area contributed by atoms with Crippen molar-refractivity contribution < 1.29 is 8.83 Å². The lowest BCUT2D eigenvalue weighted by atomic mass is 10.1. The van der Waals surface area contributed by atoms with E-state index in [1.165, 1.54) is 36.5 Å². The average molecular weight is 724 g/mol. The van der Waals surface area contributed by atoms with E-state index in [1.807, 2.05) is 53.8 Å². The number of rotatable bonds is 5. The van der Waals surface area contributed by atoms with Crippen molar-refractivity contribution in [3.63, 3.8) is 0 Å². The van der Waals surface area contributed by atoms with E-state index in [0.717, 1.165) is 66.9 Å². The Balaban J connectivity index is 1.11. The number of nitrogens with zero attached hydrogens (tertiary/aromatic N) is 3. The highest BCUT2D eigenvalue weighted by molar-refractivity contribution is 7.25. The lowest BCUT2D eigenvalue weighted by Gasteiger charge is -2.26. The molecule has 12 aromatic rings. The molecule has 12 rings (SSSR count). The number of para-hydroxylation sites is 2. The fraction of sp³-hybridized carbons (Fsp3) is 0. The van der Waals surface area contributed by atoms with Crippen LogP contribution in [0.25, 0.3) is 92.2 Å². The second-order valence-corrected chi connectivity index (χ2v) is 15.0. The van der Waals surface area contributed by atoms with Gasteiger partial charge in [-0.15, -0.1) is 11.3 Å². The first-order valence-corrected chi connectivity index (χ1v) is 19.2. The second-order valence-electron chi connectivity index (χ2n) is 14.0. The van der Waals surface area contributed by atoms with Gasteiger partial charge in [-0.05, 0) is 103 Å². The molecule has 0 saturated carbocycles. The maximum absolute atomic E-state index is 6.47. The molecule has 0 spiro atoms. The van der Waals surface area contributed by atoms with E-state index >= 15 is 0 Å². The van der Waals surface area contributed by atoms with Crippen molar-refractivity contribution in [3.05, 3.63) is 176 Å². The molecule has 0 saturated heterocycles. The highest BCUT2D eigenvalue weighted by Gasteiger charge is 2.22. The van der Waals surface area contributed by atoms with Gasteiger partial charge >= 0.3 is 0 Å². The minimum atomic E-state index is 0.592. The Hall–Kier alpha value is -7.15. The molecule has 4 aromatic heterocycles. The zero-order valence-corrected chi connectivity index (χ0v) is 30.1. The number of benzene rings is 8. The Bertz CT molecular complexity index is 3450. The van der Waals surface area contributed by atoms with Gasteiger partial charge in [-0.2, -0.15) is 0 Å². The molecule has 0 fully saturated rings. The van der Waals surface area contributed by atoms with Crippen molar-refractivity contribution in [2.24, 2.45) is 0 Å². The molecule has 8 aromatic carbocycles. The van der Waals surface area contributed by atoms with Gasteiger partial charge in [0.25, 0.3) is 0 Å². The largest absolute Gasteiger partial charge is 0.456 e. The molecule has 0 bridgehead atoms. The van der Waals surface area contributed by atoms with E-state index in [1.54, 1.807) is 0 Å². The number of anilines is 3. The summed E-state index contributed by atoms with van der Waals surface area (Å²) in [6.45, 7) is 0. The van der Waals surface area contributed by atoms with Crippen LogP contribution >= 0.6 is 11.3 Å². The van der Waals surface area contributed by atoms with Crippen LogP contribution in [0.3, 0.4) is 0 Å². The fourth-order valence-electron chi connectivity index (χ4n) is 8.34. The van der Waals surface area contributed by atoms with Gasteiger partial charge in [0.05, 0.1) is 16.4 Å². The zero-order chi connectivity index (χ0) is 36.0. The van der Waals surface area contributed by atoms with Crippen LogP contribution in [0.1, 0.15) is 0 Å². The Morgan fingerprint density at radius 3 is 1.93 bits per heavy atom. The second kappa shape index (κ2) is 11.7. The topological polar surface area (TPSA) is 47.3 Å². The van der Waals surface area contributed by atoms with E-state index in [4.69, 9.17) is 13.8 Å². The van der Waals surface area contributed by atoms with E-state index in [-0.39, 0.29) is 0 Å². The smallest absolute Gasteiger partial charge is 0.227 e. The minimum Gasteiger partial charge on any atom is -0.456 e. The zero-order valence-electron chi connectivity index (χ0n) is 29.3. The summed E-state index contributed by atoms with van der Waals surface area (Å²) in [6, 6.07) is 62.1. The van der Waals surface area contributed by atoms with E-state index in [2.05, 4.69) is 143 Å². The first-order chi connectivity index (χ1) is 27.2. The molecule has 4 heterocycles. The van der Waals surface area contributed by atoms with Gasteiger partial charge in [-0.3, -0.25) is 0 Å². The molecule has 0 atom stereocenters. The molecular weight excluding hydrogens is 695 g/mol. The maximum atomic E-state index is 6.47. The maximum Gasteiger partial charge on any atom is 0.227 e. The lowest BCUT2D eigenvalue weighted by Crippen LogP contribution is -2.09. The molecule has 55 heavy (non-hydrogen) atoms. The summed E-state index contributed by atoms with van der Waals surface area (Å²) in [7, 11) is 0. The Morgan fingerprint density at radius 1 is 0.455 bits per heavy atom. The molecule has 0 amide bonds. The quantitative estimate of drug-likeness (QED) is 0.177. The van der Waals surface area contributed by atoms with Crippen molar-refractivity contribution in [2.75, 3.05) is 4.90 Å². The monoisotopic (exact) mass is 723 g/mol. The lowest BCUT2D eigenvalue weighted by molar-refractivity contribution is 0.619. The third kappa shape index (κ3) is 4.62. The Morgan fingerprint density at radius 2 is 1.07 bits per heavy atom. The predicted octanol–water partition coefficient (Wildman–Crippen LogP) is 14.3. The van der Waals surface area contributed by atoms with Gasteiger partial charge in [0.1, 0.15) is 16.7 Å². The van der Waals surface area contributed by atoms with E-state index in [9.17, 15) is 0 Å². The first-order valence-electron chi connectivity index (χ1n) is 18.4. The van der Waals surface area contributed by atoms with Gasteiger partial charge in [0, 0.05) is 64.6 Å². The SMILES string of the molecule is c1ccc(-c2nc3c(ccc4oc5ccc(N(c6ccc7sc8ccccc8c7c6)c6ccc7c(c6)c6ccccc6n7-c6ccccc6)cc5c43)o2)cc1. The summed E-state index contributed by atoms with van der Waals surface area (Å²) in [5.41, 5.74) is 10.7. The predicted molar refractivity (Wildman–Crippen MR) is 229 cm³/mol. The van der Waals surface area contributed by atoms with Gasteiger partial charge in [-0.1, -0.05) is 72.8 Å². The van der Waals surface area contributed by atoms with Crippen molar-refractivity contribution in [3.8, 4) is 17.1 Å². The van der Waals surface area contributed by atoms with E-state index < -0.39 is 0 Å². The highest BCUT2D eigenvalue weighted by Crippen LogP contribution is 2.45. The molecule has 0 aliphatic rings. The number of thiophene rings is 1. The molecule has 0 aliphatic carbocycles. The average Bonchev–Trinajstić information content (AvgIpc) is 4.02. The van der Waals surface area contributed by atoms with Crippen molar-refractivity contribution >= 4 is 103 Å². The summed E-state index contributed by atoms with van der Waals surface area (Å²) in [6.07, 6.45) is 0. The third-order valence-electron chi connectivity index (χ3n) is 10.8. The number of oxazole rings is 1. The molecule has 258 valence electrons. The van der Waals surface area contributed by atoms with Crippen LogP contribution in [0.4, 0.5) is 17.1 Å². The van der Waals surface area contributed by atoms with Crippen LogP contribution < -0.4 is 4.90 Å². The number of aromatic nitrogens is 2. The summed E-state index contributed by atoms with van der Waals surface area (Å²) in [4.78, 5) is 7.40. The Kier molecular flexibility index (Phi) is 6.44. The normalized spacial score (nSPS) is 12.0. The summed E-state index contributed by atoms with van der Waals surface area (Å²) >= 11 is 1.83. The fourth-order valence-corrected chi connectivity index (χ4v) is 9.43. The van der Waals surface area contributed by atoms with Crippen LogP contribution in [-0.2, 0) is 0 Å². The molecule has 0 aliphatic heterocycles. The van der Waals surface area contributed by atoms with Crippen LogP contribution in [0.2, 0.25) is 0 Å². The standard InChI is InChI=1S/C49H29N3O2S/c1-3-11-30(12-4-1)49-50-48-44(54-49)25-24-43-47(48)39-29-33(20-23-42(39)53-43)51(34-21-26-46-38(28-34)36-16-8-10-18-45(36)55-46)32-19-22-41-37(27-32)35-15-7-9-17-40(35)52(41)31-13-5-2-6-14-31/h1-29H. The molecule has 5 nitrogen and oxygen atoms in total. The van der Waals surface area contributed by atoms with Crippen molar-refractivity contribution in [1.29, 1.82) is 0 Å². The van der Waals surface area contributed by atoms with Crippen molar-refractivity contribution in [1.82, 2.24) is 9.55 Å². The van der Waals surface area contributed by atoms with Crippen LogP contribution in [0.5, 0.6) is 0 Å². The van der Waals surface area contributed by atoms with Gasteiger partial charge in [0.2, 0.25) is 5.89 Å².